The third kappa shape index (κ3) is 3.90. The van der Waals surface area contributed by atoms with Gasteiger partial charge in [-0.2, -0.15) is 5.10 Å². The molecule has 0 saturated heterocycles. The molecule has 4 rings (SSSR count). The Balaban J connectivity index is 1.67. The van der Waals surface area contributed by atoms with Crippen LogP contribution in [0.4, 0.5) is 10.2 Å². The number of methoxy groups -OCH3 is 1. The number of nitrogen functional groups attached to an aromatic ring is 1. The lowest BCUT2D eigenvalue weighted by molar-refractivity contribution is 0.386. The van der Waals surface area contributed by atoms with Gasteiger partial charge in [0.25, 0.3) is 0 Å². The number of benzene rings is 2. The average molecular weight is 410 g/mol. The molecule has 8 heteroatoms. The van der Waals surface area contributed by atoms with Crippen molar-refractivity contribution in [1.29, 1.82) is 0 Å². The maximum Gasteiger partial charge on any atom is 0.165 e. The number of aromatic nitrogens is 4. The number of nitrogens with zero attached hydrogens (tertiary/aromatic N) is 4. The normalized spacial score (nSPS) is 10.9. The smallest absolute Gasteiger partial charge is 0.165 e. The van der Waals surface area contributed by atoms with Crippen molar-refractivity contribution in [2.24, 2.45) is 0 Å². The van der Waals surface area contributed by atoms with Gasteiger partial charge in [-0.25, -0.2) is 14.4 Å². The van der Waals surface area contributed by atoms with Crippen LogP contribution in [-0.2, 0) is 6.54 Å². The maximum absolute atomic E-state index is 13.9. The second kappa shape index (κ2) is 7.89. The monoisotopic (exact) mass is 409 g/mol. The molecule has 146 valence electrons. The van der Waals surface area contributed by atoms with Crippen molar-refractivity contribution in [3.8, 4) is 28.1 Å². The molecule has 0 unspecified atom stereocenters. The van der Waals surface area contributed by atoms with E-state index in [-0.39, 0.29) is 5.75 Å². The first kappa shape index (κ1) is 18.9. The molecule has 6 nitrogen and oxygen atoms in total. The van der Waals surface area contributed by atoms with Crippen LogP contribution < -0.4 is 10.5 Å². The first-order valence-electron chi connectivity index (χ1n) is 8.77. The van der Waals surface area contributed by atoms with E-state index >= 15 is 0 Å². The lowest BCUT2D eigenvalue weighted by Crippen LogP contribution is -2.01. The molecule has 4 aromatic rings. The summed E-state index contributed by atoms with van der Waals surface area (Å²) in [6, 6.07) is 12.1. The summed E-state index contributed by atoms with van der Waals surface area (Å²) in [5.74, 6) is 0.159. The second-order valence-electron chi connectivity index (χ2n) is 6.38. The summed E-state index contributed by atoms with van der Waals surface area (Å²) in [5, 5.41) is 5.01. The summed E-state index contributed by atoms with van der Waals surface area (Å²) in [5.41, 5.74) is 9.90. The van der Waals surface area contributed by atoms with Gasteiger partial charge in [-0.15, -0.1) is 0 Å². The van der Waals surface area contributed by atoms with Crippen LogP contribution in [0.2, 0.25) is 5.02 Å². The van der Waals surface area contributed by atoms with Crippen LogP contribution in [0, 0.1) is 5.82 Å². The molecule has 2 N–H and O–H groups in total. The van der Waals surface area contributed by atoms with Crippen molar-refractivity contribution in [3.05, 3.63) is 77.6 Å². The highest BCUT2D eigenvalue weighted by molar-refractivity contribution is 6.30. The quantitative estimate of drug-likeness (QED) is 0.527. The molecule has 0 saturated carbocycles. The molecular weight excluding hydrogens is 393 g/mol. The summed E-state index contributed by atoms with van der Waals surface area (Å²) >= 11 is 6.00. The SMILES string of the molecule is COc1ccc(Cn2cc(-c3ncnc(N)c3-c3ccc(Cl)cc3)cn2)cc1F. The number of ether oxygens (including phenoxy) is 1. The second-order valence-corrected chi connectivity index (χ2v) is 6.82. The predicted molar refractivity (Wildman–Crippen MR) is 110 cm³/mol. The standard InChI is InChI=1S/C21H17ClFN5O/c1-29-18-7-2-13(8-17(18)23)10-28-11-15(9-27-28)20-19(21(24)26-12-25-20)14-3-5-16(22)6-4-14/h2-9,11-12H,10H2,1H3,(H2,24,25,26). The number of halogens is 2. The van der Waals surface area contributed by atoms with Crippen LogP contribution in [0.3, 0.4) is 0 Å². The first-order chi connectivity index (χ1) is 14.0. The van der Waals surface area contributed by atoms with Gasteiger partial charge in [-0.05, 0) is 35.4 Å². The van der Waals surface area contributed by atoms with Crippen LogP contribution in [0.15, 0.2) is 61.2 Å². The number of hydrogen-bond acceptors (Lipinski definition) is 5. The molecule has 0 amide bonds. The van der Waals surface area contributed by atoms with Crippen LogP contribution in [-0.4, -0.2) is 26.9 Å². The molecular formula is C21H17ClFN5O. The van der Waals surface area contributed by atoms with Crippen molar-refractivity contribution < 1.29 is 9.13 Å². The minimum absolute atomic E-state index is 0.207. The summed E-state index contributed by atoms with van der Waals surface area (Å²) in [6.45, 7) is 0.401. The van der Waals surface area contributed by atoms with Crippen LogP contribution in [0.1, 0.15) is 5.56 Å². The minimum Gasteiger partial charge on any atom is -0.494 e. The number of rotatable bonds is 5. The van der Waals surface area contributed by atoms with Crippen molar-refractivity contribution >= 4 is 17.4 Å². The van der Waals surface area contributed by atoms with Gasteiger partial charge >= 0.3 is 0 Å². The van der Waals surface area contributed by atoms with Crippen LogP contribution in [0.5, 0.6) is 5.75 Å². The Morgan fingerprint density at radius 1 is 1.10 bits per heavy atom. The summed E-state index contributed by atoms with van der Waals surface area (Å²) in [6.07, 6.45) is 4.95. The molecule has 29 heavy (non-hydrogen) atoms. The van der Waals surface area contributed by atoms with E-state index in [0.717, 1.165) is 16.7 Å². The Kier molecular flexibility index (Phi) is 5.14. The Labute approximate surface area is 171 Å². The Morgan fingerprint density at radius 2 is 1.90 bits per heavy atom. The van der Waals surface area contributed by atoms with E-state index in [2.05, 4.69) is 15.1 Å². The summed E-state index contributed by atoms with van der Waals surface area (Å²) < 4.78 is 20.6. The van der Waals surface area contributed by atoms with E-state index in [1.54, 1.807) is 35.1 Å². The van der Waals surface area contributed by atoms with Gasteiger partial charge in [0.15, 0.2) is 11.6 Å². The van der Waals surface area contributed by atoms with E-state index < -0.39 is 5.82 Å². The molecule has 0 aliphatic carbocycles. The average Bonchev–Trinajstić information content (AvgIpc) is 3.17. The zero-order chi connectivity index (χ0) is 20.4. The van der Waals surface area contributed by atoms with Gasteiger partial charge in [-0.3, -0.25) is 4.68 Å². The van der Waals surface area contributed by atoms with Gasteiger partial charge < -0.3 is 10.5 Å². The molecule has 0 atom stereocenters. The number of nitrogens with two attached hydrogens (primary N) is 1. The highest BCUT2D eigenvalue weighted by Crippen LogP contribution is 2.34. The van der Waals surface area contributed by atoms with Gasteiger partial charge in [0.05, 0.1) is 31.1 Å². The topological polar surface area (TPSA) is 78.8 Å². The lowest BCUT2D eigenvalue weighted by Gasteiger charge is -2.09. The molecule has 0 aliphatic heterocycles. The van der Waals surface area contributed by atoms with Gasteiger partial charge in [0.2, 0.25) is 0 Å². The predicted octanol–water partition coefficient (Wildman–Crippen LogP) is 4.44. The first-order valence-corrected chi connectivity index (χ1v) is 9.14. The molecule has 0 spiro atoms. The third-order valence-corrected chi connectivity index (χ3v) is 4.73. The van der Waals surface area contributed by atoms with Crippen molar-refractivity contribution in [2.75, 3.05) is 12.8 Å². The molecule has 2 aromatic carbocycles. The molecule has 2 aromatic heterocycles. The molecule has 0 radical (unpaired) electrons. The van der Waals surface area contributed by atoms with Crippen LogP contribution >= 0.6 is 11.6 Å². The fraction of sp³-hybridized carbons (Fsp3) is 0.0952. The van der Waals surface area contributed by atoms with Gasteiger partial charge in [-0.1, -0.05) is 29.8 Å². The Hall–Kier alpha value is -3.45. The largest absolute Gasteiger partial charge is 0.494 e. The zero-order valence-corrected chi connectivity index (χ0v) is 16.3. The highest BCUT2D eigenvalue weighted by atomic mass is 35.5. The zero-order valence-electron chi connectivity index (χ0n) is 15.5. The van der Waals surface area contributed by atoms with E-state index in [0.29, 0.717) is 28.6 Å². The van der Waals surface area contributed by atoms with E-state index in [9.17, 15) is 4.39 Å². The Bertz CT molecular complexity index is 1160. The fourth-order valence-corrected chi connectivity index (χ4v) is 3.21. The van der Waals surface area contributed by atoms with Crippen molar-refractivity contribution in [1.82, 2.24) is 19.7 Å². The van der Waals surface area contributed by atoms with E-state index in [1.165, 1.54) is 19.5 Å². The van der Waals surface area contributed by atoms with E-state index in [4.69, 9.17) is 22.1 Å². The number of hydrogen-bond donors (Lipinski definition) is 1. The molecule has 0 bridgehead atoms. The maximum atomic E-state index is 13.9. The lowest BCUT2D eigenvalue weighted by atomic mass is 10.0. The molecule has 2 heterocycles. The highest BCUT2D eigenvalue weighted by Gasteiger charge is 2.15. The van der Waals surface area contributed by atoms with Gasteiger partial charge in [0, 0.05) is 16.8 Å². The summed E-state index contributed by atoms with van der Waals surface area (Å²) in [7, 11) is 1.43. The van der Waals surface area contributed by atoms with Crippen molar-refractivity contribution in [2.45, 2.75) is 6.54 Å². The van der Waals surface area contributed by atoms with E-state index in [1.807, 2.05) is 18.3 Å². The van der Waals surface area contributed by atoms with Crippen LogP contribution in [0.25, 0.3) is 22.4 Å². The Morgan fingerprint density at radius 3 is 2.62 bits per heavy atom. The third-order valence-electron chi connectivity index (χ3n) is 4.48. The molecule has 0 aliphatic rings. The fourth-order valence-electron chi connectivity index (χ4n) is 3.09. The van der Waals surface area contributed by atoms with Gasteiger partial charge in [0.1, 0.15) is 12.1 Å². The van der Waals surface area contributed by atoms with Crippen molar-refractivity contribution in [3.63, 3.8) is 0 Å². The number of anilines is 1. The summed E-state index contributed by atoms with van der Waals surface area (Å²) in [4.78, 5) is 8.53. The minimum atomic E-state index is -0.411. The molecule has 0 fully saturated rings.